The van der Waals surface area contributed by atoms with E-state index in [9.17, 15) is 14.7 Å². The molecule has 1 aromatic heterocycles. The number of thioether (sulfide) groups is 1. The Labute approximate surface area is 270 Å². The molecule has 3 aromatic carbocycles. The number of urea groups is 1. The van der Waals surface area contributed by atoms with Crippen LogP contribution in [0.15, 0.2) is 77.1 Å². The number of rotatable bonds is 12. The summed E-state index contributed by atoms with van der Waals surface area (Å²) < 4.78 is 18.7. The van der Waals surface area contributed by atoms with Crippen molar-refractivity contribution in [2.75, 3.05) is 18.9 Å². The lowest BCUT2D eigenvalue weighted by Gasteiger charge is -2.36. The van der Waals surface area contributed by atoms with Crippen molar-refractivity contribution in [2.24, 2.45) is 0 Å². The topological polar surface area (TPSA) is 132 Å². The fourth-order valence-corrected chi connectivity index (χ4v) is 6.69. The molecule has 3 N–H and O–H groups in total. The second kappa shape index (κ2) is 16.0. The number of nitrogens with one attached hydrogen (secondary N) is 2. The number of aryl methyl sites for hydroxylation is 1. The molecule has 2 heterocycles. The van der Waals surface area contributed by atoms with Gasteiger partial charge in [0.05, 0.1) is 25.4 Å². The number of aliphatic hydroxyl groups is 1. The Bertz CT molecular complexity index is 1560. The first-order valence-electron chi connectivity index (χ1n) is 14.7. The third-order valence-electron chi connectivity index (χ3n) is 7.11. The predicted molar refractivity (Wildman–Crippen MR) is 173 cm³/mol. The first kappa shape index (κ1) is 32.6. The van der Waals surface area contributed by atoms with Gasteiger partial charge in [0.1, 0.15) is 11.6 Å². The van der Waals surface area contributed by atoms with E-state index in [-0.39, 0.29) is 32.0 Å². The molecule has 0 radical (unpaired) electrons. The predicted octanol–water partition coefficient (Wildman–Crippen LogP) is 5.71. The molecular weight excluding hydrogens is 613 g/mol. The summed E-state index contributed by atoms with van der Waals surface area (Å²) in [6.45, 7) is 4.05. The van der Waals surface area contributed by atoms with Gasteiger partial charge in [-0.2, -0.15) is 0 Å². The van der Waals surface area contributed by atoms with E-state index < -0.39 is 18.3 Å². The lowest BCUT2D eigenvalue weighted by atomic mass is 9.99. The lowest BCUT2D eigenvalue weighted by Crippen LogP contribution is -2.38. The molecule has 236 valence electrons. The van der Waals surface area contributed by atoms with Crippen LogP contribution in [0.2, 0.25) is 0 Å². The van der Waals surface area contributed by atoms with Gasteiger partial charge in [0.15, 0.2) is 10.6 Å². The number of carbonyl (C=O) groups excluding carboxylic acids is 2. The quantitative estimate of drug-likeness (QED) is 0.131. The molecule has 0 aliphatic carbocycles. The second-order valence-corrected chi connectivity index (χ2v) is 12.9. The van der Waals surface area contributed by atoms with Crippen LogP contribution in [-0.4, -0.2) is 52.3 Å². The van der Waals surface area contributed by atoms with Gasteiger partial charge in [-0.25, -0.2) is 4.79 Å². The molecular formula is C33H36N4O6S2. The van der Waals surface area contributed by atoms with E-state index >= 15 is 0 Å². The maximum atomic E-state index is 12.1. The normalized spacial score (nSPS) is 17.9. The van der Waals surface area contributed by atoms with Gasteiger partial charge in [0.25, 0.3) is 0 Å². The van der Waals surface area contributed by atoms with E-state index in [0.29, 0.717) is 13.0 Å². The van der Waals surface area contributed by atoms with Gasteiger partial charge in [-0.3, -0.25) is 4.79 Å². The Morgan fingerprint density at radius 3 is 2.47 bits per heavy atom. The summed E-state index contributed by atoms with van der Waals surface area (Å²) in [5, 5.41) is 24.0. The first-order valence-corrected chi connectivity index (χ1v) is 16.5. The van der Waals surface area contributed by atoms with Crippen LogP contribution in [-0.2, 0) is 32.2 Å². The lowest BCUT2D eigenvalue weighted by molar-refractivity contribution is -0.245. The highest BCUT2D eigenvalue weighted by Gasteiger charge is 2.32. The summed E-state index contributed by atoms with van der Waals surface area (Å²) in [7, 11) is 0. The van der Waals surface area contributed by atoms with Crippen LogP contribution in [0.4, 0.5) is 4.79 Å². The van der Waals surface area contributed by atoms with Crippen molar-refractivity contribution in [3.8, 4) is 11.1 Å². The summed E-state index contributed by atoms with van der Waals surface area (Å²) >= 11 is 3.22. The molecule has 1 fully saturated rings. The Morgan fingerprint density at radius 1 is 0.978 bits per heavy atom. The number of aliphatic hydroxyl groups excluding tert-OH is 1. The fourth-order valence-electron chi connectivity index (χ4n) is 4.83. The van der Waals surface area contributed by atoms with E-state index in [1.165, 1.54) is 0 Å². The number of esters is 1. The van der Waals surface area contributed by atoms with Crippen molar-refractivity contribution < 1.29 is 28.9 Å². The number of hydrogen-bond acceptors (Lipinski definition) is 10. The molecule has 4 aromatic rings. The van der Waals surface area contributed by atoms with Crippen LogP contribution < -0.4 is 10.6 Å². The summed E-state index contributed by atoms with van der Waals surface area (Å²) in [4.78, 5) is 23.5. The van der Waals surface area contributed by atoms with Crippen LogP contribution in [0.5, 0.6) is 0 Å². The van der Waals surface area contributed by atoms with Gasteiger partial charge < -0.3 is 30.0 Å². The van der Waals surface area contributed by atoms with Crippen molar-refractivity contribution in [1.29, 1.82) is 0 Å². The monoisotopic (exact) mass is 648 g/mol. The van der Waals surface area contributed by atoms with Crippen molar-refractivity contribution in [1.82, 2.24) is 20.8 Å². The van der Waals surface area contributed by atoms with Gasteiger partial charge in [-0.1, -0.05) is 89.8 Å². The smallest absolute Gasteiger partial charge is 0.325 e. The van der Waals surface area contributed by atoms with Crippen molar-refractivity contribution in [3.05, 3.63) is 100 Å². The largest absolute Gasteiger partial charge is 0.465 e. The average molecular weight is 649 g/mol. The minimum atomic E-state index is -0.555. The highest BCUT2D eigenvalue weighted by Crippen LogP contribution is 2.40. The molecule has 45 heavy (non-hydrogen) atoms. The van der Waals surface area contributed by atoms with E-state index in [0.717, 1.165) is 48.5 Å². The van der Waals surface area contributed by atoms with Gasteiger partial charge >= 0.3 is 12.0 Å². The van der Waals surface area contributed by atoms with Gasteiger partial charge in [0.2, 0.25) is 0 Å². The zero-order valence-corrected chi connectivity index (χ0v) is 26.7. The minimum Gasteiger partial charge on any atom is -0.465 e. The van der Waals surface area contributed by atoms with Gasteiger partial charge in [-0.05, 0) is 47.7 Å². The van der Waals surface area contributed by atoms with E-state index in [2.05, 4.69) is 20.8 Å². The van der Waals surface area contributed by atoms with Crippen LogP contribution in [0.1, 0.15) is 53.0 Å². The average Bonchev–Trinajstić information content (AvgIpc) is 3.50. The molecule has 10 nitrogen and oxygen atoms in total. The number of nitrogens with zero attached hydrogens (tertiary/aromatic N) is 2. The number of carbonyl (C=O) groups is 2. The van der Waals surface area contributed by atoms with Crippen LogP contribution in [0.25, 0.3) is 11.1 Å². The number of hydrogen-bond donors (Lipinski definition) is 3. The maximum absolute atomic E-state index is 12.1. The maximum Gasteiger partial charge on any atom is 0.325 e. The Kier molecular flexibility index (Phi) is 11.6. The molecule has 0 bridgehead atoms. The minimum absolute atomic E-state index is 0.00368. The van der Waals surface area contributed by atoms with E-state index in [1.807, 2.05) is 79.7 Å². The number of amides is 2. The molecule has 5 rings (SSSR count). The molecule has 1 aliphatic heterocycles. The summed E-state index contributed by atoms with van der Waals surface area (Å²) in [6.07, 6.45) is -0.101. The molecule has 2 amide bonds. The highest BCUT2D eigenvalue weighted by molar-refractivity contribution is 8.01. The molecule has 1 saturated heterocycles. The third-order valence-corrected chi connectivity index (χ3v) is 9.21. The zero-order valence-electron chi connectivity index (χ0n) is 25.1. The summed E-state index contributed by atoms with van der Waals surface area (Å²) in [5.74, 6) is 0.242. The SMILES string of the molecule is CCOC(=O)CNC(=O)NCc1cccc(-c2ccc([C@H]3O[C@@H](CSc4nnc(C)s4)C[C@@H](c4ccc(CO)cc4)O3)cc2)c1. The highest BCUT2D eigenvalue weighted by atomic mass is 32.2. The van der Waals surface area contributed by atoms with Crippen LogP contribution in [0.3, 0.4) is 0 Å². The Hall–Kier alpha value is -3.81. The van der Waals surface area contributed by atoms with Crippen molar-refractivity contribution >= 4 is 35.1 Å². The van der Waals surface area contributed by atoms with Gasteiger partial charge in [0, 0.05) is 24.3 Å². The van der Waals surface area contributed by atoms with Gasteiger partial charge in [-0.15, -0.1) is 10.2 Å². The van der Waals surface area contributed by atoms with E-state index in [4.69, 9.17) is 14.2 Å². The third kappa shape index (κ3) is 9.35. The number of benzene rings is 3. The fraction of sp³-hybridized carbons (Fsp3) is 0.333. The first-order chi connectivity index (χ1) is 21.9. The number of aromatic nitrogens is 2. The molecule has 0 saturated carbocycles. The summed E-state index contributed by atoms with van der Waals surface area (Å²) in [5.41, 5.74) is 5.74. The Balaban J connectivity index is 1.25. The standard InChI is InChI=1S/C33H36N4O6S2/c1-3-41-30(39)18-35-32(40)34-17-23-5-4-6-27(15-23)24-11-13-26(14-12-24)31-42-28(20-44-33-37-36-21(2)45-33)16-29(43-31)25-9-7-22(19-38)8-10-25/h4-15,28-29,31,38H,3,16-20H2,1-2H3,(H2,34,35,40)/t28-,29+,31+/m1/s1. The van der Waals surface area contributed by atoms with Crippen LogP contribution >= 0.6 is 23.1 Å². The molecule has 0 unspecified atom stereocenters. The second-order valence-electron chi connectivity index (χ2n) is 10.4. The molecule has 0 spiro atoms. The van der Waals surface area contributed by atoms with Crippen LogP contribution in [0, 0.1) is 6.92 Å². The molecule has 12 heteroatoms. The molecule has 1 aliphatic rings. The van der Waals surface area contributed by atoms with Crippen molar-refractivity contribution in [3.63, 3.8) is 0 Å². The number of ether oxygens (including phenoxy) is 3. The van der Waals surface area contributed by atoms with E-state index in [1.54, 1.807) is 30.0 Å². The molecule has 3 atom stereocenters. The van der Waals surface area contributed by atoms with Crippen molar-refractivity contribution in [2.45, 2.75) is 56.3 Å². The zero-order chi connectivity index (χ0) is 31.6. The Morgan fingerprint density at radius 2 is 1.76 bits per heavy atom. The summed E-state index contributed by atoms with van der Waals surface area (Å²) in [6, 6.07) is 23.4.